The molecule has 0 spiro atoms. The Bertz CT molecular complexity index is 1400. The van der Waals surface area contributed by atoms with Crippen LogP contribution < -0.4 is 14.5 Å². The fourth-order valence-corrected chi connectivity index (χ4v) is 6.55. The van der Waals surface area contributed by atoms with Crippen LogP contribution >= 0.6 is 7.75 Å². The number of methoxy groups -OCH3 is 1. The van der Waals surface area contributed by atoms with Gasteiger partial charge in [0, 0.05) is 13.1 Å². The summed E-state index contributed by atoms with van der Waals surface area (Å²) >= 11 is 0. The van der Waals surface area contributed by atoms with Gasteiger partial charge in [-0.05, 0) is 45.2 Å². The number of anilines is 1. The van der Waals surface area contributed by atoms with E-state index in [1.54, 1.807) is 30.3 Å². The lowest BCUT2D eigenvalue weighted by atomic mass is 9.98. The van der Waals surface area contributed by atoms with E-state index in [0.29, 0.717) is 17.0 Å². The highest BCUT2D eigenvalue weighted by atomic mass is 31.2. The number of piperidine rings is 1. The fourth-order valence-electron chi connectivity index (χ4n) is 5.05. The number of hydrogen-bond acceptors (Lipinski definition) is 11. The number of halogens is 1. The van der Waals surface area contributed by atoms with Gasteiger partial charge in [0.2, 0.25) is 0 Å². The van der Waals surface area contributed by atoms with E-state index in [0.717, 1.165) is 32.4 Å². The Morgan fingerprint density at radius 2 is 1.98 bits per heavy atom. The summed E-state index contributed by atoms with van der Waals surface area (Å²) < 4.78 is 53.0. The van der Waals surface area contributed by atoms with E-state index in [1.807, 2.05) is 0 Å². The van der Waals surface area contributed by atoms with Crippen LogP contribution in [0.4, 0.5) is 10.2 Å². The average molecular weight is 593 g/mol. The highest BCUT2D eigenvalue weighted by Crippen LogP contribution is 2.48. The third-order valence-corrected chi connectivity index (χ3v) is 8.89. The van der Waals surface area contributed by atoms with Crippen LogP contribution in [0.3, 0.4) is 0 Å². The second-order valence-corrected chi connectivity index (χ2v) is 12.0. The van der Waals surface area contributed by atoms with Gasteiger partial charge in [-0.2, -0.15) is 5.09 Å². The van der Waals surface area contributed by atoms with Gasteiger partial charge in [-0.15, -0.1) is 0 Å². The number of aliphatic hydroxyl groups excluding tert-OH is 1. The summed E-state index contributed by atoms with van der Waals surface area (Å²) in [6, 6.07) is 7.13. The molecule has 2 aliphatic rings. The minimum absolute atomic E-state index is 0.204. The second-order valence-electron chi connectivity index (χ2n) is 10.3. The van der Waals surface area contributed by atoms with Crippen molar-refractivity contribution in [3.05, 3.63) is 43.0 Å². The Morgan fingerprint density at radius 3 is 2.68 bits per heavy atom. The Balaban J connectivity index is 1.36. The molecule has 2 N–H and O–H groups in total. The maximum absolute atomic E-state index is 16.1. The summed E-state index contributed by atoms with van der Waals surface area (Å²) in [5.74, 6) is 0.171. The van der Waals surface area contributed by atoms with Gasteiger partial charge in [-0.1, -0.05) is 18.2 Å². The van der Waals surface area contributed by atoms with Crippen LogP contribution in [0.1, 0.15) is 39.3 Å². The number of esters is 1. The van der Waals surface area contributed by atoms with Crippen molar-refractivity contribution in [2.75, 3.05) is 31.7 Å². The second kappa shape index (κ2) is 12.0. The standard InChI is InChI=1S/C26H34FN6O7P/c1-17(24(35)37-3)31-41(36,40-18-10-6-4-7-11-18)38-14-19-21(34)26(2,27)25(39-19)33-16-30-20-22(28-15-29-23(20)33)32-12-8-5-9-13-32/h4,6-7,10-11,15-17,19,21,25,34H,5,8-9,12-14H2,1-3H3,(H,31,36)/t17-,19+,21+,25+,26?,41?/m0/s1. The smallest absolute Gasteiger partial charge is 0.459 e. The Hall–Kier alpha value is -3.16. The summed E-state index contributed by atoms with van der Waals surface area (Å²) in [5, 5.41) is 13.5. The molecule has 2 fully saturated rings. The van der Waals surface area contributed by atoms with E-state index in [-0.39, 0.29) is 5.75 Å². The van der Waals surface area contributed by atoms with Crippen molar-refractivity contribution in [3.8, 4) is 5.75 Å². The largest absolute Gasteiger partial charge is 0.468 e. The first-order valence-electron chi connectivity index (χ1n) is 13.4. The number of rotatable bonds is 10. The van der Waals surface area contributed by atoms with E-state index < -0.39 is 50.5 Å². The minimum atomic E-state index is -4.24. The fraction of sp³-hybridized carbons (Fsp3) is 0.538. The Labute approximate surface area is 236 Å². The van der Waals surface area contributed by atoms with E-state index in [1.165, 1.54) is 38.2 Å². The molecule has 0 amide bonds. The molecule has 4 heterocycles. The first kappa shape index (κ1) is 29.3. The molecule has 2 saturated heterocycles. The van der Waals surface area contributed by atoms with Gasteiger partial charge in [0.15, 0.2) is 28.9 Å². The molecule has 2 unspecified atom stereocenters. The third-order valence-electron chi connectivity index (χ3n) is 7.25. The molecular weight excluding hydrogens is 558 g/mol. The average Bonchev–Trinajstić information content (AvgIpc) is 3.50. The number of fused-ring (bicyclic) bond motifs is 1. The third kappa shape index (κ3) is 6.07. The van der Waals surface area contributed by atoms with Crippen LogP contribution in [0, 0.1) is 0 Å². The van der Waals surface area contributed by atoms with Crippen LogP contribution in [0.2, 0.25) is 0 Å². The van der Waals surface area contributed by atoms with E-state index >= 15 is 4.39 Å². The number of hydrogen-bond donors (Lipinski definition) is 2. The lowest BCUT2D eigenvalue weighted by Gasteiger charge is -2.28. The summed E-state index contributed by atoms with van der Waals surface area (Å²) in [5.41, 5.74) is -1.44. The highest BCUT2D eigenvalue weighted by molar-refractivity contribution is 7.52. The number of carbonyl (C=O) groups excluding carboxylic acids is 1. The van der Waals surface area contributed by atoms with Gasteiger partial charge in [0.05, 0.1) is 20.0 Å². The number of nitrogens with zero attached hydrogens (tertiary/aromatic N) is 5. The Morgan fingerprint density at radius 1 is 1.24 bits per heavy atom. The zero-order chi connectivity index (χ0) is 29.2. The summed E-state index contributed by atoms with van der Waals surface area (Å²) in [6.07, 6.45) is 1.80. The molecule has 1 aromatic carbocycles. The number of aliphatic hydroxyl groups is 1. The first-order valence-corrected chi connectivity index (χ1v) is 15.0. The van der Waals surface area contributed by atoms with E-state index in [9.17, 15) is 14.5 Å². The molecule has 15 heteroatoms. The van der Waals surface area contributed by atoms with Gasteiger partial charge < -0.3 is 24.0 Å². The van der Waals surface area contributed by atoms with Crippen molar-refractivity contribution >= 4 is 30.7 Å². The predicted molar refractivity (Wildman–Crippen MR) is 146 cm³/mol. The monoisotopic (exact) mass is 592 g/mol. The molecule has 2 aromatic heterocycles. The maximum atomic E-state index is 16.1. The van der Waals surface area contributed by atoms with Crippen molar-refractivity contribution in [1.29, 1.82) is 0 Å². The van der Waals surface area contributed by atoms with Crippen molar-refractivity contribution in [2.45, 2.75) is 63.3 Å². The van der Waals surface area contributed by atoms with Crippen LogP contribution in [-0.4, -0.2) is 81.3 Å². The zero-order valence-corrected chi connectivity index (χ0v) is 23.9. The molecule has 5 rings (SSSR count). The van der Waals surface area contributed by atoms with Crippen LogP contribution in [0.25, 0.3) is 11.2 Å². The number of carbonyl (C=O) groups is 1. The number of aromatic nitrogens is 4. The van der Waals surface area contributed by atoms with Gasteiger partial charge in [0.25, 0.3) is 0 Å². The molecule has 0 bridgehead atoms. The number of nitrogens with one attached hydrogen (secondary N) is 1. The number of imidazole rings is 1. The van der Waals surface area contributed by atoms with Crippen LogP contribution in [-0.2, 0) is 23.4 Å². The van der Waals surface area contributed by atoms with Crippen LogP contribution in [0.15, 0.2) is 43.0 Å². The lowest BCUT2D eigenvalue weighted by molar-refractivity contribution is -0.142. The van der Waals surface area contributed by atoms with E-state index in [2.05, 4.69) is 24.9 Å². The summed E-state index contributed by atoms with van der Waals surface area (Å²) in [6.45, 7) is 3.79. The van der Waals surface area contributed by atoms with E-state index in [4.69, 9.17) is 18.5 Å². The van der Waals surface area contributed by atoms with Crippen molar-refractivity contribution in [1.82, 2.24) is 24.6 Å². The molecular formula is C26H34FN6O7P. The molecule has 0 saturated carbocycles. The first-order chi connectivity index (χ1) is 19.6. The number of ether oxygens (including phenoxy) is 2. The quantitative estimate of drug-likeness (QED) is 0.263. The lowest BCUT2D eigenvalue weighted by Crippen LogP contribution is -2.41. The highest BCUT2D eigenvalue weighted by Gasteiger charge is 2.56. The molecule has 222 valence electrons. The van der Waals surface area contributed by atoms with Crippen molar-refractivity contribution in [2.24, 2.45) is 0 Å². The molecule has 0 radical (unpaired) electrons. The maximum Gasteiger partial charge on any atom is 0.459 e. The molecule has 13 nitrogen and oxygen atoms in total. The number of alkyl halides is 1. The van der Waals surface area contributed by atoms with Crippen LogP contribution in [0.5, 0.6) is 5.75 Å². The molecule has 0 aliphatic carbocycles. The molecule has 6 atom stereocenters. The van der Waals surface area contributed by atoms with Gasteiger partial charge in [0.1, 0.15) is 30.3 Å². The Kier molecular flexibility index (Phi) is 8.57. The molecule has 2 aliphatic heterocycles. The number of benzene rings is 1. The van der Waals surface area contributed by atoms with Crippen molar-refractivity contribution in [3.63, 3.8) is 0 Å². The van der Waals surface area contributed by atoms with Gasteiger partial charge in [-0.25, -0.2) is 23.9 Å². The molecule has 41 heavy (non-hydrogen) atoms. The van der Waals surface area contributed by atoms with Gasteiger partial charge in [-0.3, -0.25) is 13.9 Å². The summed E-state index contributed by atoms with van der Waals surface area (Å²) in [4.78, 5) is 27.3. The minimum Gasteiger partial charge on any atom is -0.468 e. The molecule has 3 aromatic rings. The number of para-hydroxylation sites is 1. The summed E-state index contributed by atoms with van der Waals surface area (Å²) in [7, 11) is -3.05. The zero-order valence-electron chi connectivity index (χ0n) is 23.1. The van der Waals surface area contributed by atoms with Gasteiger partial charge >= 0.3 is 13.7 Å². The predicted octanol–water partition coefficient (Wildman–Crippen LogP) is 3.16. The topological polar surface area (TPSA) is 150 Å². The van der Waals surface area contributed by atoms with Crippen molar-refractivity contribution < 1.29 is 37.4 Å². The SMILES string of the molecule is COC(=O)[C@H](C)NP(=O)(OC[C@H]1O[C@@H](n2cnc3c(N4CCCCC4)ncnc32)C(C)(F)[C@@H]1O)Oc1ccccc1. The normalized spacial score (nSPS) is 27.0.